The summed E-state index contributed by atoms with van der Waals surface area (Å²) in [4.78, 5) is 25.9. The van der Waals surface area contributed by atoms with E-state index in [1.54, 1.807) is 0 Å². The van der Waals surface area contributed by atoms with Crippen molar-refractivity contribution in [1.82, 2.24) is 9.80 Å². The number of carboxylic acids is 1. The predicted octanol–water partition coefficient (Wildman–Crippen LogP) is -0.493. The van der Waals surface area contributed by atoms with Gasteiger partial charge < -0.3 is 24.7 Å². The monoisotopic (exact) mass is 278 g/mol. The highest BCUT2D eigenvalue weighted by atomic mass is 32.2. The highest BCUT2D eigenvalue weighted by Gasteiger charge is 2.36. The van der Waals surface area contributed by atoms with Gasteiger partial charge in [-0.05, 0) is 0 Å². The molecule has 1 aliphatic heterocycles. The maximum atomic E-state index is 12.2. The number of methoxy groups -OCH3 is 1. The van der Waals surface area contributed by atoms with Gasteiger partial charge in [-0.25, -0.2) is 9.59 Å². The zero-order chi connectivity index (χ0) is 13.5. The summed E-state index contributed by atoms with van der Waals surface area (Å²) >= 11 is 1.41. The van der Waals surface area contributed by atoms with E-state index in [0.717, 1.165) is 0 Å². The number of aliphatic hydroxyl groups is 1. The standard InChI is InChI=1S/C10H18N2O5S/c1-17-5-3-11(2-4-13)10(16)12-7-18-6-8(12)9(14)15/h8,13H,2-7H2,1H3,(H,14,15). The first-order chi connectivity index (χ1) is 8.61. The molecule has 2 amide bonds. The first kappa shape index (κ1) is 15.1. The van der Waals surface area contributed by atoms with E-state index in [0.29, 0.717) is 24.8 Å². The first-order valence-corrected chi connectivity index (χ1v) is 6.73. The van der Waals surface area contributed by atoms with Crippen molar-refractivity contribution < 1.29 is 24.5 Å². The van der Waals surface area contributed by atoms with Crippen molar-refractivity contribution in [1.29, 1.82) is 0 Å². The molecule has 0 aromatic carbocycles. The Hall–Kier alpha value is -0.990. The summed E-state index contributed by atoms with van der Waals surface area (Å²) in [6.07, 6.45) is 0. The fraction of sp³-hybridized carbons (Fsp3) is 0.800. The summed E-state index contributed by atoms with van der Waals surface area (Å²) < 4.78 is 4.89. The molecule has 0 bridgehead atoms. The largest absolute Gasteiger partial charge is 0.480 e. The van der Waals surface area contributed by atoms with E-state index in [1.165, 1.54) is 28.7 Å². The number of ether oxygens (including phenoxy) is 1. The molecule has 8 heteroatoms. The Balaban J connectivity index is 2.65. The van der Waals surface area contributed by atoms with Gasteiger partial charge in [0, 0.05) is 26.0 Å². The number of hydrogen-bond donors (Lipinski definition) is 2. The lowest BCUT2D eigenvalue weighted by Gasteiger charge is -2.29. The minimum atomic E-state index is -0.996. The normalized spacial score (nSPS) is 19.0. The minimum absolute atomic E-state index is 0.159. The molecule has 1 fully saturated rings. The Morgan fingerprint density at radius 3 is 2.78 bits per heavy atom. The summed E-state index contributed by atoms with van der Waals surface area (Å²) in [5, 5.41) is 17.9. The van der Waals surface area contributed by atoms with Crippen molar-refractivity contribution in [2.45, 2.75) is 6.04 Å². The van der Waals surface area contributed by atoms with Crippen molar-refractivity contribution in [3.05, 3.63) is 0 Å². The van der Waals surface area contributed by atoms with Crippen molar-refractivity contribution in [3.8, 4) is 0 Å². The second-order valence-electron chi connectivity index (χ2n) is 3.81. The zero-order valence-corrected chi connectivity index (χ0v) is 11.1. The lowest BCUT2D eigenvalue weighted by atomic mass is 10.3. The van der Waals surface area contributed by atoms with E-state index in [-0.39, 0.29) is 19.2 Å². The average molecular weight is 278 g/mol. The number of rotatable bonds is 6. The molecule has 1 aliphatic rings. The lowest BCUT2D eigenvalue weighted by Crippen LogP contribution is -2.50. The number of carbonyl (C=O) groups is 2. The second-order valence-corrected chi connectivity index (χ2v) is 4.81. The van der Waals surface area contributed by atoms with Gasteiger partial charge in [0.05, 0.1) is 19.1 Å². The lowest BCUT2D eigenvalue weighted by molar-refractivity contribution is -0.140. The summed E-state index contributed by atoms with van der Waals surface area (Å²) in [6, 6.07) is -1.15. The van der Waals surface area contributed by atoms with E-state index in [4.69, 9.17) is 14.9 Å². The van der Waals surface area contributed by atoms with Crippen LogP contribution >= 0.6 is 11.8 Å². The molecule has 0 aromatic rings. The van der Waals surface area contributed by atoms with Gasteiger partial charge >= 0.3 is 12.0 Å². The van der Waals surface area contributed by atoms with Gasteiger partial charge in [0.15, 0.2) is 0 Å². The molecular formula is C10H18N2O5S. The molecule has 0 radical (unpaired) electrons. The summed E-state index contributed by atoms with van der Waals surface area (Å²) in [5.74, 6) is -0.229. The number of carbonyl (C=O) groups excluding carboxylic acids is 1. The van der Waals surface area contributed by atoms with E-state index in [1.807, 2.05) is 0 Å². The Labute approximate surface area is 110 Å². The molecule has 0 aliphatic carbocycles. The maximum absolute atomic E-state index is 12.2. The van der Waals surface area contributed by atoms with Gasteiger partial charge in [-0.1, -0.05) is 0 Å². The van der Waals surface area contributed by atoms with Crippen LogP contribution in [0, 0.1) is 0 Å². The SMILES string of the molecule is COCCN(CCO)C(=O)N1CSCC1C(=O)O. The quantitative estimate of drug-likeness (QED) is 0.681. The summed E-state index contributed by atoms with van der Waals surface area (Å²) in [5.41, 5.74) is 0. The van der Waals surface area contributed by atoms with Crippen molar-refractivity contribution in [2.75, 3.05) is 45.0 Å². The first-order valence-electron chi connectivity index (χ1n) is 5.57. The molecule has 0 saturated carbocycles. The molecule has 1 heterocycles. The van der Waals surface area contributed by atoms with Crippen LogP contribution in [0.25, 0.3) is 0 Å². The number of thioether (sulfide) groups is 1. The molecule has 1 unspecified atom stereocenters. The van der Waals surface area contributed by atoms with E-state index in [2.05, 4.69) is 0 Å². The third kappa shape index (κ3) is 3.76. The Morgan fingerprint density at radius 1 is 1.50 bits per heavy atom. The number of aliphatic carboxylic acids is 1. The van der Waals surface area contributed by atoms with Crippen molar-refractivity contribution >= 4 is 23.8 Å². The third-order valence-electron chi connectivity index (χ3n) is 2.62. The van der Waals surface area contributed by atoms with Crippen LogP contribution in [-0.4, -0.2) is 83.1 Å². The van der Waals surface area contributed by atoms with Crippen LogP contribution in [0.15, 0.2) is 0 Å². The van der Waals surface area contributed by atoms with Crippen LogP contribution in [0.2, 0.25) is 0 Å². The Morgan fingerprint density at radius 2 is 2.22 bits per heavy atom. The Kier molecular flexibility index (Phi) is 6.23. The van der Waals surface area contributed by atoms with Gasteiger partial charge in [-0.2, -0.15) is 0 Å². The third-order valence-corrected chi connectivity index (χ3v) is 3.63. The molecule has 7 nitrogen and oxygen atoms in total. The van der Waals surface area contributed by atoms with Gasteiger partial charge in [0.25, 0.3) is 0 Å². The number of hydrogen-bond acceptors (Lipinski definition) is 5. The molecule has 0 aromatic heterocycles. The minimum Gasteiger partial charge on any atom is -0.480 e. The molecule has 1 saturated heterocycles. The summed E-state index contributed by atoms with van der Waals surface area (Å²) in [7, 11) is 1.52. The average Bonchev–Trinajstić information content (AvgIpc) is 2.82. The maximum Gasteiger partial charge on any atom is 0.327 e. The van der Waals surface area contributed by atoms with Crippen LogP contribution in [-0.2, 0) is 9.53 Å². The van der Waals surface area contributed by atoms with Crippen LogP contribution in [0.1, 0.15) is 0 Å². The Bertz CT molecular complexity index is 302. The molecule has 104 valence electrons. The van der Waals surface area contributed by atoms with Gasteiger partial charge in [-0.15, -0.1) is 11.8 Å². The number of nitrogens with zero attached hydrogens (tertiary/aromatic N) is 2. The highest BCUT2D eigenvalue weighted by Crippen LogP contribution is 2.22. The number of amides is 2. The van der Waals surface area contributed by atoms with Gasteiger partial charge in [0.1, 0.15) is 6.04 Å². The van der Waals surface area contributed by atoms with Gasteiger partial charge in [-0.3, -0.25) is 0 Å². The van der Waals surface area contributed by atoms with Crippen LogP contribution < -0.4 is 0 Å². The zero-order valence-electron chi connectivity index (χ0n) is 10.2. The fourth-order valence-electron chi connectivity index (χ4n) is 1.64. The van der Waals surface area contributed by atoms with E-state index in [9.17, 15) is 9.59 Å². The fourth-order valence-corrected chi connectivity index (χ4v) is 2.78. The van der Waals surface area contributed by atoms with Crippen LogP contribution in [0.3, 0.4) is 0 Å². The molecule has 18 heavy (non-hydrogen) atoms. The number of urea groups is 1. The molecule has 1 rings (SSSR count). The van der Waals surface area contributed by atoms with Crippen molar-refractivity contribution in [2.24, 2.45) is 0 Å². The number of carboxylic acid groups (broad SMARTS) is 1. The van der Waals surface area contributed by atoms with Crippen LogP contribution in [0.4, 0.5) is 4.79 Å². The van der Waals surface area contributed by atoms with Crippen molar-refractivity contribution in [3.63, 3.8) is 0 Å². The number of aliphatic hydroxyl groups excluding tert-OH is 1. The van der Waals surface area contributed by atoms with Crippen LogP contribution in [0.5, 0.6) is 0 Å². The van der Waals surface area contributed by atoms with E-state index < -0.39 is 12.0 Å². The second kappa shape index (κ2) is 7.45. The summed E-state index contributed by atoms with van der Waals surface area (Å²) in [6.45, 7) is 0.706. The molecule has 2 N–H and O–H groups in total. The molecular weight excluding hydrogens is 260 g/mol. The molecule has 0 spiro atoms. The molecule has 1 atom stereocenters. The topological polar surface area (TPSA) is 90.3 Å². The highest BCUT2D eigenvalue weighted by molar-refractivity contribution is 7.99. The predicted molar refractivity (Wildman–Crippen MR) is 66.5 cm³/mol. The smallest absolute Gasteiger partial charge is 0.327 e. The van der Waals surface area contributed by atoms with E-state index >= 15 is 0 Å². The van der Waals surface area contributed by atoms with Gasteiger partial charge in [0.2, 0.25) is 0 Å².